The molecule has 2 N–H and O–H groups in total. The molecule has 1 unspecified atom stereocenters. The first-order chi connectivity index (χ1) is 9.63. The predicted molar refractivity (Wildman–Crippen MR) is 79.9 cm³/mol. The number of fused-ring (bicyclic) bond motifs is 1. The van der Waals surface area contributed by atoms with Gasteiger partial charge >= 0.3 is 0 Å². The molecule has 1 atom stereocenters. The number of hydrogen-bond donors (Lipinski definition) is 1. The molecule has 1 aliphatic rings. The van der Waals surface area contributed by atoms with Gasteiger partial charge in [0.05, 0.1) is 12.6 Å². The van der Waals surface area contributed by atoms with Gasteiger partial charge in [0.2, 0.25) is 0 Å². The van der Waals surface area contributed by atoms with Gasteiger partial charge < -0.3 is 10.5 Å². The molecule has 0 bridgehead atoms. The number of aromatic nitrogens is 1. The molecule has 1 heterocycles. The minimum atomic E-state index is -0.456. The number of aryl methyl sites for hydroxylation is 2. The first kappa shape index (κ1) is 13.1. The predicted octanol–water partition coefficient (Wildman–Crippen LogP) is 2.94. The van der Waals surface area contributed by atoms with E-state index in [1.54, 1.807) is 7.11 Å². The summed E-state index contributed by atoms with van der Waals surface area (Å²) in [5.41, 5.74) is 10.9. The molecule has 0 amide bonds. The van der Waals surface area contributed by atoms with E-state index in [9.17, 15) is 0 Å². The Morgan fingerprint density at radius 1 is 1.25 bits per heavy atom. The van der Waals surface area contributed by atoms with Crippen molar-refractivity contribution in [3.8, 4) is 5.75 Å². The fourth-order valence-electron chi connectivity index (χ4n) is 3.04. The van der Waals surface area contributed by atoms with Gasteiger partial charge in [-0.15, -0.1) is 0 Å². The number of hydrogen-bond acceptors (Lipinski definition) is 3. The fourth-order valence-corrected chi connectivity index (χ4v) is 3.04. The molecular weight excluding hydrogens is 248 g/mol. The summed E-state index contributed by atoms with van der Waals surface area (Å²) >= 11 is 0. The Bertz CT molecular complexity index is 621. The highest BCUT2D eigenvalue weighted by Crippen LogP contribution is 2.39. The minimum absolute atomic E-state index is 0.456. The third-order valence-corrected chi connectivity index (χ3v) is 4.24. The molecule has 1 aromatic carbocycles. The van der Waals surface area contributed by atoms with Crippen molar-refractivity contribution in [1.82, 2.24) is 4.98 Å². The number of methoxy groups -OCH3 is 1. The summed E-state index contributed by atoms with van der Waals surface area (Å²) in [5, 5.41) is 0. The van der Waals surface area contributed by atoms with Crippen molar-refractivity contribution in [3.05, 3.63) is 58.9 Å². The van der Waals surface area contributed by atoms with Crippen molar-refractivity contribution < 1.29 is 4.74 Å². The molecule has 0 saturated carbocycles. The van der Waals surface area contributed by atoms with Crippen LogP contribution in [0.3, 0.4) is 0 Å². The molecule has 1 aliphatic carbocycles. The lowest BCUT2D eigenvalue weighted by Gasteiger charge is -2.36. The van der Waals surface area contributed by atoms with Crippen LogP contribution in [0.15, 0.2) is 36.5 Å². The topological polar surface area (TPSA) is 48.1 Å². The molecule has 0 fully saturated rings. The van der Waals surface area contributed by atoms with Crippen molar-refractivity contribution in [2.45, 2.75) is 31.7 Å². The second kappa shape index (κ2) is 4.91. The number of nitrogens with zero attached hydrogens (tertiary/aromatic N) is 1. The third kappa shape index (κ3) is 2.08. The van der Waals surface area contributed by atoms with Gasteiger partial charge in [-0.25, -0.2) is 0 Å². The summed E-state index contributed by atoms with van der Waals surface area (Å²) < 4.78 is 5.36. The van der Waals surface area contributed by atoms with E-state index in [0.29, 0.717) is 0 Å². The quantitative estimate of drug-likeness (QED) is 0.911. The van der Waals surface area contributed by atoms with Crippen LogP contribution in [0.1, 0.15) is 35.2 Å². The average Bonchev–Trinajstić information content (AvgIpc) is 2.48. The van der Waals surface area contributed by atoms with E-state index in [-0.39, 0.29) is 0 Å². The van der Waals surface area contributed by atoms with E-state index in [2.05, 4.69) is 23.2 Å². The zero-order chi connectivity index (χ0) is 14.2. The molecule has 3 rings (SSSR count). The molecule has 0 radical (unpaired) electrons. The molecule has 2 aromatic rings. The maximum Gasteiger partial charge on any atom is 0.119 e. The first-order valence-corrected chi connectivity index (χ1v) is 7.03. The highest BCUT2D eigenvalue weighted by molar-refractivity contribution is 5.47. The lowest BCUT2D eigenvalue weighted by Crippen LogP contribution is -2.41. The van der Waals surface area contributed by atoms with E-state index in [4.69, 9.17) is 10.5 Å². The van der Waals surface area contributed by atoms with E-state index >= 15 is 0 Å². The number of nitrogens with two attached hydrogens (primary N) is 1. The van der Waals surface area contributed by atoms with E-state index in [1.807, 2.05) is 25.3 Å². The van der Waals surface area contributed by atoms with Gasteiger partial charge in [-0.3, -0.25) is 4.98 Å². The van der Waals surface area contributed by atoms with Crippen LogP contribution in [0.2, 0.25) is 0 Å². The maximum absolute atomic E-state index is 6.77. The molecule has 0 saturated heterocycles. The van der Waals surface area contributed by atoms with Gasteiger partial charge in [0, 0.05) is 11.9 Å². The van der Waals surface area contributed by atoms with Crippen LogP contribution in [0.25, 0.3) is 0 Å². The van der Waals surface area contributed by atoms with Crippen molar-refractivity contribution in [2.24, 2.45) is 5.73 Å². The Hall–Kier alpha value is -1.87. The Kier molecular flexibility index (Phi) is 3.22. The molecule has 3 nitrogen and oxygen atoms in total. The standard InChI is InChI=1S/C17H20N2O/c1-12-5-7-14(11-19-12)17(18)9-3-4-13-6-8-15(20-2)10-16(13)17/h5-8,10-11H,3-4,9,18H2,1-2H3. The van der Waals surface area contributed by atoms with Gasteiger partial charge in [0.15, 0.2) is 0 Å². The van der Waals surface area contributed by atoms with Crippen LogP contribution in [-0.2, 0) is 12.0 Å². The van der Waals surface area contributed by atoms with Gasteiger partial charge in [0.25, 0.3) is 0 Å². The molecule has 0 spiro atoms. The third-order valence-electron chi connectivity index (χ3n) is 4.24. The van der Waals surface area contributed by atoms with Gasteiger partial charge in [-0.05, 0) is 61.1 Å². The second-order valence-corrected chi connectivity index (χ2v) is 5.54. The van der Waals surface area contributed by atoms with Crippen molar-refractivity contribution in [2.75, 3.05) is 7.11 Å². The van der Waals surface area contributed by atoms with Crippen LogP contribution < -0.4 is 10.5 Å². The van der Waals surface area contributed by atoms with Crippen LogP contribution in [0.4, 0.5) is 0 Å². The van der Waals surface area contributed by atoms with Gasteiger partial charge in [0.1, 0.15) is 5.75 Å². The summed E-state index contributed by atoms with van der Waals surface area (Å²) in [7, 11) is 1.69. The first-order valence-electron chi connectivity index (χ1n) is 7.03. The number of benzene rings is 1. The molecular formula is C17H20N2O. The van der Waals surface area contributed by atoms with Crippen molar-refractivity contribution in [1.29, 1.82) is 0 Å². The largest absolute Gasteiger partial charge is 0.497 e. The summed E-state index contributed by atoms with van der Waals surface area (Å²) in [6.45, 7) is 1.99. The smallest absolute Gasteiger partial charge is 0.119 e. The Labute approximate surface area is 119 Å². The Morgan fingerprint density at radius 2 is 2.10 bits per heavy atom. The van der Waals surface area contributed by atoms with Crippen LogP contribution >= 0.6 is 0 Å². The summed E-state index contributed by atoms with van der Waals surface area (Å²) in [6.07, 6.45) is 5.03. The zero-order valence-electron chi connectivity index (χ0n) is 12.0. The molecule has 0 aliphatic heterocycles. The monoisotopic (exact) mass is 268 g/mol. The van der Waals surface area contributed by atoms with E-state index < -0.39 is 5.54 Å². The fraction of sp³-hybridized carbons (Fsp3) is 0.353. The highest BCUT2D eigenvalue weighted by atomic mass is 16.5. The van der Waals surface area contributed by atoms with Gasteiger partial charge in [-0.2, -0.15) is 0 Å². The second-order valence-electron chi connectivity index (χ2n) is 5.54. The van der Waals surface area contributed by atoms with E-state index in [0.717, 1.165) is 36.3 Å². The summed E-state index contributed by atoms with van der Waals surface area (Å²) in [5.74, 6) is 0.862. The van der Waals surface area contributed by atoms with Crippen molar-refractivity contribution in [3.63, 3.8) is 0 Å². The lowest BCUT2D eigenvalue weighted by atomic mass is 9.73. The van der Waals surface area contributed by atoms with E-state index in [1.165, 1.54) is 11.1 Å². The van der Waals surface area contributed by atoms with Gasteiger partial charge in [-0.1, -0.05) is 12.1 Å². The van der Waals surface area contributed by atoms with Crippen LogP contribution in [0.5, 0.6) is 5.75 Å². The highest BCUT2D eigenvalue weighted by Gasteiger charge is 2.34. The maximum atomic E-state index is 6.77. The molecule has 20 heavy (non-hydrogen) atoms. The average molecular weight is 268 g/mol. The summed E-state index contributed by atoms with van der Waals surface area (Å²) in [6, 6.07) is 10.3. The lowest BCUT2D eigenvalue weighted by molar-refractivity contribution is 0.404. The number of pyridine rings is 1. The number of ether oxygens (including phenoxy) is 1. The normalized spacial score (nSPS) is 21.4. The SMILES string of the molecule is COc1ccc2c(c1)C(N)(c1ccc(C)nc1)CCC2. The number of rotatable bonds is 2. The zero-order valence-corrected chi connectivity index (χ0v) is 12.0. The Morgan fingerprint density at radius 3 is 2.80 bits per heavy atom. The van der Waals surface area contributed by atoms with Crippen molar-refractivity contribution >= 4 is 0 Å². The molecule has 1 aromatic heterocycles. The van der Waals surface area contributed by atoms with Crippen LogP contribution in [-0.4, -0.2) is 12.1 Å². The Balaban J connectivity index is 2.13. The molecule has 104 valence electrons. The van der Waals surface area contributed by atoms with Crippen LogP contribution in [0, 0.1) is 6.92 Å². The molecule has 3 heteroatoms. The minimum Gasteiger partial charge on any atom is -0.497 e. The summed E-state index contributed by atoms with van der Waals surface area (Å²) in [4.78, 5) is 4.40.